The van der Waals surface area contributed by atoms with Crippen molar-refractivity contribution < 1.29 is 0 Å². The molecule has 0 saturated heterocycles. The zero-order chi connectivity index (χ0) is 15.5. The standard InChI is InChI=1S/C18H15N5/c1-2-4-14(5-3-1)10-20-18-21-11-16(12-22-18)15-6-7-17-19-8-9-23(17)13-15/h1-9,11-13H,10H2,(H,20,21,22). The van der Waals surface area contributed by atoms with Gasteiger partial charge in [0, 0.05) is 48.7 Å². The van der Waals surface area contributed by atoms with Crippen molar-refractivity contribution in [3.05, 3.63) is 79.0 Å². The summed E-state index contributed by atoms with van der Waals surface area (Å²) in [5, 5.41) is 3.23. The number of benzene rings is 1. The third-order valence-electron chi connectivity index (χ3n) is 3.67. The van der Waals surface area contributed by atoms with Crippen LogP contribution in [0.15, 0.2) is 73.4 Å². The van der Waals surface area contributed by atoms with Crippen LogP contribution < -0.4 is 5.32 Å². The van der Waals surface area contributed by atoms with Crippen LogP contribution in [0, 0.1) is 0 Å². The van der Waals surface area contributed by atoms with E-state index in [1.165, 1.54) is 5.56 Å². The maximum Gasteiger partial charge on any atom is 0.222 e. The Kier molecular flexibility index (Phi) is 3.44. The maximum atomic E-state index is 4.39. The van der Waals surface area contributed by atoms with Gasteiger partial charge in [-0.05, 0) is 17.7 Å². The van der Waals surface area contributed by atoms with Crippen LogP contribution in [-0.2, 0) is 6.54 Å². The summed E-state index contributed by atoms with van der Waals surface area (Å²) < 4.78 is 1.98. The Balaban J connectivity index is 1.51. The lowest BCUT2D eigenvalue weighted by Crippen LogP contribution is -2.03. The van der Waals surface area contributed by atoms with Crippen LogP contribution in [0.3, 0.4) is 0 Å². The number of hydrogen-bond donors (Lipinski definition) is 1. The largest absolute Gasteiger partial charge is 0.350 e. The second kappa shape index (κ2) is 5.88. The van der Waals surface area contributed by atoms with E-state index >= 15 is 0 Å². The maximum absolute atomic E-state index is 4.39. The summed E-state index contributed by atoms with van der Waals surface area (Å²) in [5.41, 5.74) is 4.16. The minimum atomic E-state index is 0.626. The number of nitrogens with one attached hydrogen (secondary N) is 1. The smallest absolute Gasteiger partial charge is 0.222 e. The van der Waals surface area contributed by atoms with Gasteiger partial charge in [0.2, 0.25) is 5.95 Å². The van der Waals surface area contributed by atoms with Crippen molar-refractivity contribution in [3.8, 4) is 11.1 Å². The van der Waals surface area contributed by atoms with Gasteiger partial charge < -0.3 is 9.72 Å². The second-order valence-corrected chi connectivity index (χ2v) is 5.24. The molecule has 0 bridgehead atoms. The van der Waals surface area contributed by atoms with Gasteiger partial charge in [0.05, 0.1) is 0 Å². The van der Waals surface area contributed by atoms with Crippen LogP contribution in [0.5, 0.6) is 0 Å². The normalized spacial score (nSPS) is 10.8. The van der Waals surface area contributed by atoms with Gasteiger partial charge in [-0.15, -0.1) is 0 Å². The van der Waals surface area contributed by atoms with Gasteiger partial charge in [0.25, 0.3) is 0 Å². The van der Waals surface area contributed by atoms with Gasteiger partial charge in [-0.25, -0.2) is 15.0 Å². The van der Waals surface area contributed by atoms with Crippen LogP contribution >= 0.6 is 0 Å². The first-order chi connectivity index (χ1) is 11.4. The number of rotatable bonds is 4. The molecular weight excluding hydrogens is 286 g/mol. The number of nitrogens with zero attached hydrogens (tertiary/aromatic N) is 4. The zero-order valence-electron chi connectivity index (χ0n) is 12.4. The average molecular weight is 301 g/mol. The Hall–Kier alpha value is -3.21. The van der Waals surface area contributed by atoms with Crippen LogP contribution in [0.2, 0.25) is 0 Å². The molecule has 0 spiro atoms. The van der Waals surface area contributed by atoms with E-state index in [1.807, 2.05) is 59.5 Å². The number of anilines is 1. The number of fused-ring (bicyclic) bond motifs is 1. The highest BCUT2D eigenvalue weighted by molar-refractivity contribution is 5.63. The minimum Gasteiger partial charge on any atom is -0.350 e. The molecule has 0 atom stereocenters. The van der Waals surface area contributed by atoms with Crippen LogP contribution in [0.25, 0.3) is 16.8 Å². The molecule has 4 aromatic rings. The molecule has 0 aliphatic carbocycles. The van der Waals surface area contributed by atoms with Crippen LogP contribution in [0.1, 0.15) is 5.56 Å². The van der Waals surface area contributed by atoms with Crippen molar-refractivity contribution in [2.24, 2.45) is 0 Å². The quantitative estimate of drug-likeness (QED) is 0.627. The first-order valence-electron chi connectivity index (χ1n) is 7.41. The molecular formula is C18H15N5. The lowest BCUT2D eigenvalue weighted by molar-refractivity contribution is 1.05. The molecule has 1 N–H and O–H groups in total. The molecule has 0 aliphatic rings. The first-order valence-corrected chi connectivity index (χ1v) is 7.41. The predicted molar refractivity (Wildman–Crippen MR) is 90.0 cm³/mol. The van der Waals surface area contributed by atoms with E-state index in [4.69, 9.17) is 0 Å². The highest BCUT2D eigenvalue weighted by Gasteiger charge is 2.02. The van der Waals surface area contributed by atoms with Gasteiger partial charge in [0.1, 0.15) is 5.65 Å². The van der Waals surface area contributed by atoms with Gasteiger partial charge in [-0.3, -0.25) is 0 Å². The van der Waals surface area contributed by atoms with E-state index < -0.39 is 0 Å². The predicted octanol–water partition coefficient (Wildman–Crippen LogP) is 3.40. The van der Waals surface area contributed by atoms with E-state index in [0.717, 1.165) is 16.8 Å². The lowest BCUT2D eigenvalue weighted by atomic mass is 10.1. The minimum absolute atomic E-state index is 0.626. The molecule has 3 aromatic heterocycles. The van der Waals surface area contributed by atoms with Gasteiger partial charge in [-0.1, -0.05) is 30.3 Å². The molecule has 0 radical (unpaired) electrons. The first kappa shape index (κ1) is 13.5. The molecule has 3 heterocycles. The Morgan fingerprint density at radius 2 is 1.70 bits per heavy atom. The van der Waals surface area contributed by atoms with Crippen molar-refractivity contribution in [1.82, 2.24) is 19.4 Å². The van der Waals surface area contributed by atoms with Gasteiger partial charge in [-0.2, -0.15) is 0 Å². The molecule has 1 aromatic carbocycles. The Labute approximate surface area is 133 Å². The fourth-order valence-corrected chi connectivity index (χ4v) is 2.44. The Morgan fingerprint density at radius 3 is 2.52 bits per heavy atom. The summed E-state index contributed by atoms with van der Waals surface area (Å²) in [6, 6.07) is 14.2. The number of pyridine rings is 1. The van der Waals surface area contributed by atoms with E-state index in [1.54, 1.807) is 6.20 Å². The SMILES string of the molecule is c1ccc(CNc2ncc(-c3ccc4nccn4c3)cn2)cc1. The lowest BCUT2D eigenvalue weighted by Gasteiger charge is -2.06. The second-order valence-electron chi connectivity index (χ2n) is 5.24. The molecule has 0 fully saturated rings. The molecule has 5 heteroatoms. The Bertz CT molecular complexity index is 913. The summed E-state index contributed by atoms with van der Waals surface area (Å²) in [6.45, 7) is 0.710. The third-order valence-corrected chi connectivity index (χ3v) is 3.67. The highest BCUT2D eigenvalue weighted by atomic mass is 15.1. The number of hydrogen-bond acceptors (Lipinski definition) is 4. The monoisotopic (exact) mass is 301 g/mol. The summed E-state index contributed by atoms with van der Waals surface area (Å²) in [4.78, 5) is 13.0. The molecule has 112 valence electrons. The van der Waals surface area contributed by atoms with E-state index in [2.05, 4.69) is 32.4 Å². The fourth-order valence-electron chi connectivity index (χ4n) is 2.44. The molecule has 23 heavy (non-hydrogen) atoms. The molecule has 0 aliphatic heterocycles. The summed E-state index contributed by atoms with van der Waals surface area (Å²) in [7, 11) is 0. The van der Waals surface area contributed by atoms with Crippen molar-refractivity contribution in [3.63, 3.8) is 0 Å². The van der Waals surface area contributed by atoms with Crippen molar-refractivity contribution in [2.75, 3.05) is 5.32 Å². The van der Waals surface area contributed by atoms with Crippen molar-refractivity contribution >= 4 is 11.6 Å². The Morgan fingerprint density at radius 1 is 0.870 bits per heavy atom. The molecule has 0 saturated carbocycles. The van der Waals surface area contributed by atoms with Crippen molar-refractivity contribution in [1.29, 1.82) is 0 Å². The summed E-state index contributed by atoms with van der Waals surface area (Å²) in [6.07, 6.45) is 9.40. The zero-order valence-corrected chi connectivity index (χ0v) is 12.4. The molecule has 0 amide bonds. The van der Waals surface area contributed by atoms with E-state index in [9.17, 15) is 0 Å². The van der Waals surface area contributed by atoms with Crippen molar-refractivity contribution in [2.45, 2.75) is 6.54 Å². The average Bonchev–Trinajstić information content (AvgIpc) is 3.09. The number of aromatic nitrogens is 4. The van der Waals surface area contributed by atoms with E-state index in [-0.39, 0.29) is 0 Å². The third kappa shape index (κ3) is 2.89. The number of imidazole rings is 1. The van der Waals surface area contributed by atoms with Crippen LogP contribution in [-0.4, -0.2) is 19.4 Å². The van der Waals surface area contributed by atoms with E-state index in [0.29, 0.717) is 12.5 Å². The van der Waals surface area contributed by atoms with Gasteiger partial charge in [0.15, 0.2) is 0 Å². The summed E-state index contributed by atoms with van der Waals surface area (Å²) >= 11 is 0. The van der Waals surface area contributed by atoms with Crippen LogP contribution in [0.4, 0.5) is 5.95 Å². The summed E-state index contributed by atoms with van der Waals surface area (Å²) in [5.74, 6) is 0.626. The van der Waals surface area contributed by atoms with Gasteiger partial charge >= 0.3 is 0 Å². The topological polar surface area (TPSA) is 55.1 Å². The molecule has 4 rings (SSSR count). The highest BCUT2D eigenvalue weighted by Crippen LogP contribution is 2.19. The fraction of sp³-hybridized carbons (Fsp3) is 0.0556. The molecule has 0 unspecified atom stereocenters. The molecule has 5 nitrogen and oxygen atoms in total.